The number of sulfonamides is 1. The molecular weight excluding hydrogens is 438 g/mol. The van der Waals surface area contributed by atoms with Crippen molar-refractivity contribution in [3.05, 3.63) is 101 Å². The molecule has 170 valence electrons. The van der Waals surface area contributed by atoms with Crippen LogP contribution in [0.5, 0.6) is 0 Å². The molecule has 3 aromatic rings. The molecule has 2 amide bonds. The highest BCUT2D eigenvalue weighted by atomic mass is 32.2. The Morgan fingerprint density at radius 2 is 1.61 bits per heavy atom. The summed E-state index contributed by atoms with van der Waals surface area (Å²) in [6.07, 6.45) is 0.661. The molecule has 0 saturated carbocycles. The molecule has 7 nitrogen and oxygen atoms in total. The minimum absolute atomic E-state index is 0.101. The van der Waals surface area contributed by atoms with E-state index < -0.39 is 10.0 Å². The second-order valence-corrected chi connectivity index (χ2v) is 9.78. The Morgan fingerprint density at radius 3 is 2.33 bits per heavy atom. The lowest BCUT2D eigenvalue weighted by atomic mass is 10.0. The van der Waals surface area contributed by atoms with E-state index in [0.29, 0.717) is 25.1 Å². The normalized spacial score (nSPS) is 13.7. The number of amides is 2. The molecule has 0 saturated heterocycles. The van der Waals surface area contributed by atoms with Crippen molar-refractivity contribution in [3.63, 3.8) is 0 Å². The second-order valence-electron chi connectivity index (χ2n) is 7.84. The standard InChI is InChI=1S/C25H25N3O4S/c1-26-24(29)20-11-9-18(10-12-20)16-27-25(30)21-7-4-8-23(15-21)33(31,32)28-14-13-19-5-2-3-6-22(19)17-28/h2-12,15H,13-14,16-17H2,1H3,(H,26,29)(H,27,30). The van der Waals surface area contributed by atoms with Crippen molar-refractivity contribution in [3.8, 4) is 0 Å². The first-order valence-electron chi connectivity index (χ1n) is 10.6. The average Bonchev–Trinajstić information content (AvgIpc) is 2.86. The molecule has 2 N–H and O–H groups in total. The molecular formula is C25H25N3O4S. The van der Waals surface area contributed by atoms with Gasteiger partial charge in [-0.3, -0.25) is 9.59 Å². The largest absolute Gasteiger partial charge is 0.355 e. The molecule has 4 rings (SSSR count). The van der Waals surface area contributed by atoms with Crippen molar-refractivity contribution in [1.82, 2.24) is 14.9 Å². The van der Waals surface area contributed by atoms with Gasteiger partial charge in [0, 0.05) is 37.8 Å². The topological polar surface area (TPSA) is 95.6 Å². The van der Waals surface area contributed by atoms with Crippen LogP contribution in [0.25, 0.3) is 0 Å². The summed E-state index contributed by atoms with van der Waals surface area (Å²) in [5.41, 5.74) is 3.80. The molecule has 0 radical (unpaired) electrons. The summed E-state index contributed by atoms with van der Waals surface area (Å²) in [6, 6.07) is 20.8. The number of fused-ring (bicyclic) bond motifs is 1. The van der Waals surface area contributed by atoms with E-state index in [9.17, 15) is 18.0 Å². The van der Waals surface area contributed by atoms with E-state index in [0.717, 1.165) is 11.1 Å². The summed E-state index contributed by atoms with van der Waals surface area (Å²) in [5.74, 6) is -0.549. The summed E-state index contributed by atoms with van der Waals surface area (Å²) < 4.78 is 27.9. The molecule has 0 bridgehead atoms. The molecule has 0 atom stereocenters. The molecule has 0 unspecified atom stereocenters. The zero-order valence-corrected chi connectivity index (χ0v) is 19.1. The van der Waals surface area contributed by atoms with E-state index in [-0.39, 0.29) is 28.8 Å². The lowest BCUT2D eigenvalue weighted by Crippen LogP contribution is -2.36. The van der Waals surface area contributed by atoms with Crippen LogP contribution in [-0.2, 0) is 29.5 Å². The summed E-state index contributed by atoms with van der Waals surface area (Å²) in [6.45, 7) is 0.982. The van der Waals surface area contributed by atoms with Gasteiger partial charge in [-0.25, -0.2) is 8.42 Å². The smallest absolute Gasteiger partial charge is 0.251 e. The van der Waals surface area contributed by atoms with Gasteiger partial charge in [0.15, 0.2) is 0 Å². The molecule has 0 spiro atoms. The average molecular weight is 464 g/mol. The Labute approximate surface area is 193 Å². The van der Waals surface area contributed by atoms with Crippen molar-refractivity contribution in [2.75, 3.05) is 13.6 Å². The van der Waals surface area contributed by atoms with Crippen molar-refractivity contribution in [2.24, 2.45) is 0 Å². The van der Waals surface area contributed by atoms with Crippen LogP contribution in [0.3, 0.4) is 0 Å². The van der Waals surface area contributed by atoms with Crippen LogP contribution < -0.4 is 10.6 Å². The highest BCUT2D eigenvalue weighted by molar-refractivity contribution is 7.89. The third kappa shape index (κ3) is 4.97. The number of carbonyl (C=O) groups is 2. The van der Waals surface area contributed by atoms with Crippen LogP contribution in [0.2, 0.25) is 0 Å². The number of nitrogens with one attached hydrogen (secondary N) is 2. The number of carbonyl (C=O) groups excluding carboxylic acids is 2. The van der Waals surface area contributed by atoms with Gasteiger partial charge in [0.1, 0.15) is 0 Å². The fourth-order valence-corrected chi connectivity index (χ4v) is 5.29. The monoisotopic (exact) mass is 463 g/mol. The predicted molar refractivity (Wildman–Crippen MR) is 125 cm³/mol. The summed E-state index contributed by atoms with van der Waals surface area (Å²) in [5, 5.41) is 5.36. The molecule has 3 aromatic carbocycles. The van der Waals surface area contributed by atoms with Gasteiger partial charge in [0.25, 0.3) is 11.8 Å². The number of hydrogen-bond acceptors (Lipinski definition) is 4. The fourth-order valence-electron chi connectivity index (χ4n) is 3.82. The Hall–Kier alpha value is -3.49. The number of benzene rings is 3. The molecule has 0 fully saturated rings. The van der Waals surface area contributed by atoms with E-state index in [1.54, 1.807) is 43.4 Å². The second kappa shape index (κ2) is 9.56. The Morgan fingerprint density at radius 1 is 0.879 bits per heavy atom. The van der Waals surface area contributed by atoms with Gasteiger partial charge in [0.05, 0.1) is 4.90 Å². The summed E-state index contributed by atoms with van der Waals surface area (Å²) in [4.78, 5) is 24.4. The molecule has 33 heavy (non-hydrogen) atoms. The maximum atomic E-state index is 13.2. The number of nitrogens with zero attached hydrogens (tertiary/aromatic N) is 1. The lowest BCUT2D eigenvalue weighted by molar-refractivity contribution is 0.0946. The van der Waals surface area contributed by atoms with Gasteiger partial charge in [0.2, 0.25) is 10.0 Å². The SMILES string of the molecule is CNC(=O)c1ccc(CNC(=O)c2cccc(S(=O)(=O)N3CCc4ccccc4C3)c2)cc1. The van der Waals surface area contributed by atoms with Crippen LogP contribution in [0, 0.1) is 0 Å². The van der Waals surface area contributed by atoms with Gasteiger partial charge in [-0.15, -0.1) is 0 Å². The molecule has 0 aliphatic carbocycles. The van der Waals surface area contributed by atoms with Crippen molar-refractivity contribution >= 4 is 21.8 Å². The van der Waals surface area contributed by atoms with E-state index in [2.05, 4.69) is 10.6 Å². The fraction of sp³-hybridized carbons (Fsp3) is 0.200. The zero-order valence-electron chi connectivity index (χ0n) is 18.2. The van der Waals surface area contributed by atoms with Crippen LogP contribution in [0.4, 0.5) is 0 Å². The van der Waals surface area contributed by atoms with Crippen LogP contribution in [-0.4, -0.2) is 38.1 Å². The molecule has 1 heterocycles. The first-order chi connectivity index (χ1) is 15.9. The Kier molecular flexibility index (Phi) is 6.57. The first-order valence-corrected chi connectivity index (χ1v) is 12.1. The number of rotatable bonds is 6. The van der Waals surface area contributed by atoms with Gasteiger partial charge in [-0.2, -0.15) is 4.31 Å². The van der Waals surface area contributed by atoms with Gasteiger partial charge < -0.3 is 10.6 Å². The van der Waals surface area contributed by atoms with Gasteiger partial charge in [-0.1, -0.05) is 42.5 Å². The maximum Gasteiger partial charge on any atom is 0.251 e. The van der Waals surface area contributed by atoms with Crippen LogP contribution in [0.1, 0.15) is 37.4 Å². The minimum Gasteiger partial charge on any atom is -0.355 e. The molecule has 0 aromatic heterocycles. The van der Waals surface area contributed by atoms with E-state index >= 15 is 0 Å². The molecule has 1 aliphatic heterocycles. The van der Waals surface area contributed by atoms with Crippen LogP contribution >= 0.6 is 0 Å². The highest BCUT2D eigenvalue weighted by Crippen LogP contribution is 2.25. The first kappa shape index (κ1) is 22.7. The lowest BCUT2D eigenvalue weighted by Gasteiger charge is -2.28. The molecule has 1 aliphatic rings. The van der Waals surface area contributed by atoms with E-state index in [1.807, 2.05) is 24.3 Å². The Bertz CT molecular complexity index is 1290. The third-order valence-corrected chi connectivity index (χ3v) is 7.57. The number of hydrogen-bond donors (Lipinski definition) is 2. The summed E-state index contributed by atoms with van der Waals surface area (Å²) in [7, 11) is -2.16. The van der Waals surface area contributed by atoms with Crippen LogP contribution in [0.15, 0.2) is 77.7 Å². The van der Waals surface area contributed by atoms with E-state index in [1.165, 1.54) is 22.0 Å². The van der Waals surface area contributed by atoms with Crippen molar-refractivity contribution < 1.29 is 18.0 Å². The zero-order chi connectivity index (χ0) is 23.4. The third-order valence-electron chi connectivity index (χ3n) is 5.73. The molecule has 8 heteroatoms. The van der Waals surface area contributed by atoms with Crippen molar-refractivity contribution in [1.29, 1.82) is 0 Å². The minimum atomic E-state index is -3.73. The van der Waals surface area contributed by atoms with Gasteiger partial charge >= 0.3 is 0 Å². The maximum absolute atomic E-state index is 13.2. The highest BCUT2D eigenvalue weighted by Gasteiger charge is 2.28. The Balaban J connectivity index is 1.45. The predicted octanol–water partition coefficient (Wildman–Crippen LogP) is 2.72. The quantitative estimate of drug-likeness (QED) is 0.588. The van der Waals surface area contributed by atoms with E-state index in [4.69, 9.17) is 0 Å². The summed E-state index contributed by atoms with van der Waals surface area (Å²) >= 11 is 0. The van der Waals surface area contributed by atoms with Crippen molar-refractivity contribution in [2.45, 2.75) is 24.4 Å². The van der Waals surface area contributed by atoms with Gasteiger partial charge in [-0.05, 0) is 53.4 Å².